The number of fused-ring (bicyclic) bond motifs is 1. The summed E-state index contributed by atoms with van der Waals surface area (Å²) >= 11 is 0. The van der Waals surface area contributed by atoms with Gasteiger partial charge in [0.25, 0.3) is 5.89 Å². The largest absolute Gasteiger partial charge is 0.423 e. The summed E-state index contributed by atoms with van der Waals surface area (Å²) in [5.41, 5.74) is 0.868. The predicted molar refractivity (Wildman–Crippen MR) is 111 cm³/mol. The van der Waals surface area contributed by atoms with E-state index in [9.17, 15) is 5.11 Å². The van der Waals surface area contributed by atoms with Gasteiger partial charge in [-0.05, 0) is 27.7 Å². The molecule has 11 heteroatoms. The minimum absolute atomic E-state index is 0.0968. The molecule has 4 aromatic heterocycles. The minimum atomic E-state index is -0.624. The highest BCUT2D eigenvalue weighted by Crippen LogP contribution is 2.28. The van der Waals surface area contributed by atoms with Crippen LogP contribution in [0.3, 0.4) is 0 Å². The van der Waals surface area contributed by atoms with Crippen LogP contribution in [0.25, 0.3) is 22.4 Å². The van der Waals surface area contributed by atoms with E-state index >= 15 is 0 Å². The molecule has 0 spiro atoms. The molecule has 0 aliphatic carbocycles. The van der Waals surface area contributed by atoms with E-state index in [-0.39, 0.29) is 18.5 Å². The van der Waals surface area contributed by atoms with Gasteiger partial charge in [0, 0.05) is 29.9 Å². The van der Waals surface area contributed by atoms with Crippen molar-refractivity contribution in [2.45, 2.75) is 39.3 Å². The van der Waals surface area contributed by atoms with Crippen molar-refractivity contribution >= 4 is 28.5 Å². The molecular formula is C19H23N9O2. The summed E-state index contributed by atoms with van der Waals surface area (Å²) in [6.07, 6.45) is 6.36. The molecule has 0 radical (unpaired) electrons. The van der Waals surface area contributed by atoms with E-state index in [0.29, 0.717) is 23.1 Å². The van der Waals surface area contributed by atoms with Crippen LogP contribution in [0.2, 0.25) is 0 Å². The number of hydrogen-bond acceptors (Lipinski definition) is 10. The first-order valence-electron chi connectivity index (χ1n) is 9.49. The summed E-state index contributed by atoms with van der Waals surface area (Å²) in [4.78, 5) is 13.3. The molecule has 4 heterocycles. The fourth-order valence-electron chi connectivity index (χ4n) is 2.88. The van der Waals surface area contributed by atoms with Crippen LogP contribution in [0, 0.1) is 0 Å². The molecule has 4 rings (SSSR count). The van der Waals surface area contributed by atoms with Gasteiger partial charge in [0.1, 0.15) is 11.6 Å². The Morgan fingerprint density at radius 1 is 1.20 bits per heavy atom. The van der Waals surface area contributed by atoms with Crippen LogP contribution in [0.5, 0.6) is 0 Å². The summed E-state index contributed by atoms with van der Waals surface area (Å²) in [5.74, 6) is 1.64. The molecule has 11 nitrogen and oxygen atoms in total. The van der Waals surface area contributed by atoms with E-state index in [1.807, 2.05) is 24.6 Å². The van der Waals surface area contributed by atoms with Crippen molar-refractivity contribution < 1.29 is 9.52 Å². The molecule has 156 valence electrons. The van der Waals surface area contributed by atoms with Crippen LogP contribution >= 0.6 is 0 Å². The van der Waals surface area contributed by atoms with Gasteiger partial charge in [0.2, 0.25) is 12.3 Å². The summed E-state index contributed by atoms with van der Waals surface area (Å²) in [6, 6.07) is 2.13. The third-order valence-corrected chi connectivity index (χ3v) is 4.44. The number of aromatic nitrogens is 7. The van der Waals surface area contributed by atoms with E-state index < -0.39 is 5.54 Å². The molecule has 0 unspecified atom stereocenters. The average molecular weight is 409 g/mol. The highest BCUT2D eigenvalue weighted by molar-refractivity contribution is 5.81. The number of anilines is 3. The molecule has 3 N–H and O–H groups in total. The minimum Gasteiger partial charge on any atom is -0.423 e. The van der Waals surface area contributed by atoms with Crippen LogP contribution < -0.4 is 10.6 Å². The van der Waals surface area contributed by atoms with E-state index in [1.165, 1.54) is 6.39 Å². The van der Waals surface area contributed by atoms with Crippen LogP contribution in [-0.2, 0) is 0 Å². The Morgan fingerprint density at radius 2 is 2.03 bits per heavy atom. The Morgan fingerprint density at radius 3 is 2.73 bits per heavy atom. The van der Waals surface area contributed by atoms with Gasteiger partial charge in [-0.1, -0.05) is 0 Å². The zero-order valence-electron chi connectivity index (χ0n) is 17.2. The molecule has 4 aromatic rings. The van der Waals surface area contributed by atoms with Gasteiger partial charge in [-0.2, -0.15) is 10.1 Å². The van der Waals surface area contributed by atoms with Crippen LogP contribution in [-0.4, -0.2) is 52.2 Å². The second kappa shape index (κ2) is 7.67. The number of aliphatic hydroxyl groups excluding tert-OH is 1. The lowest BCUT2D eigenvalue weighted by atomic mass is 10.1. The first-order chi connectivity index (χ1) is 14.4. The molecule has 0 atom stereocenters. The number of pyridine rings is 1. The van der Waals surface area contributed by atoms with Gasteiger partial charge in [-0.25, -0.2) is 9.97 Å². The zero-order valence-corrected chi connectivity index (χ0v) is 17.2. The van der Waals surface area contributed by atoms with Gasteiger partial charge in [0.15, 0.2) is 0 Å². The van der Waals surface area contributed by atoms with Gasteiger partial charge < -0.3 is 20.2 Å². The molecular weight excluding hydrogens is 386 g/mol. The SMILES string of the molecule is CC(C)n1ncc2cnc(Nc3ncc(-c4nnco4)c(NC(C)(C)CO)n3)cc21. The number of rotatable bonds is 7. The molecule has 30 heavy (non-hydrogen) atoms. The topological polar surface area (TPSA) is 140 Å². The van der Waals surface area contributed by atoms with Gasteiger partial charge in [-0.15, -0.1) is 10.2 Å². The molecule has 0 aliphatic rings. The van der Waals surface area contributed by atoms with Crippen molar-refractivity contribution in [2.75, 3.05) is 17.2 Å². The molecule has 0 saturated heterocycles. The van der Waals surface area contributed by atoms with Gasteiger partial charge in [-0.3, -0.25) is 4.68 Å². The summed E-state index contributed by atoms with van der Waals surface area (Å²) in [6.45, 7) is 7.74. The second-order valence-electron chi connectivity index (χ2n) is 7.80. The summed E-state index contributed by atoms with van der Waals surface area (Å²) < 4.78 is 7.22. The number of nitrogens with one attached hydrogen (secondary N) is 2. The first-order valence-corrected chi connectivity index (χ1v) is 9.49. The molecule has 0 amide bonds. The maximum Gasteiger partial charge on any atom is 0.252 e. The Balaban J connectivity index is 1.69. The fourth-order valence-corrected chi connectivity index (χ4v) is 2.88. The predicted octanol–water partition coefficient (Wildman–Crippen LogP) is 2.78. The van der Waals surface area contributed by atoms with Crippen molar-refractivity contribution in [1.29, 1.82) is 0 Å². The van der Waals surface area contributed by atoms with Gasteiger partial charge >= 0.3 is 0 Å². The van der Waals surface area contributed by atoms with Crippen molar-refractivity contribution in [3.63, 3.8) is 0 Å². The maximum atomic E-state index is 9.64. The Labute approximate surface area is 172 Å². The van der Waals surface area contributed by atoms with E-state index in [1.54, 1.807) is 18.6 Å². The van der Waals surface area contributed by atoms with Crippen LogP contribution in [0.4, 0.5) is 17.6 Å². The van der Waals surface area contributed by atoms with Crippen LogP contribution in [0.1, 0.15) is 33.7 Å². The third kappa shape index (κ3) is 3.92. The van der Waals surface area contributed by atoms with Crippen molar-refractivity contribution in [1.82, 2.24) is 34.9 Å². The summed E-state index contributed by atoms with van der Waals surface area (Å²) in [7, 11) is 0. The van der Waals surface area contributed by atoms with E-state index in [2.05, 4.69) is 54.7 Å². The highest BCUT2D eigenvalue weighted by Gasteiger charge is 2.22. The normalized spacial score (nSPS) is 11.9. The number of hydrogen-bond donors (Lipinski definition) is 3. The zero-order chi connectivity index (χ0) is 21.3. The van der Waals surface area contributed by atoms with Crippen molar-refractivity contribution in [3.8, 4) is 11.5 Å². The maximum absolute atomic E-state index is 9.64. The van der Waals surface area contributed by atoms with Crippen LogP contribution in [0.15, 0.2) is 35.5 Å². The number of aliphatic hydroxyl groups is 1. The second-order valence-corrected chi connectivity index (χ2v) is 7.80. The number of nitrogens with zero attached hydrogens (tertiary/aromatic N) is 7. The third-order valence-electron chi connectivity index (χ3n) is 4.44. The Hall–Kier alpha value is -3.60. The smallest absolute Gasteiger partial charge is 0.252 e. The van der Waals surface area contributed by atoms with Crippen molar-refractivity contribution in [3.05, 3.63) is 31.1 Å². The standard InChI is InChI=1S/C19H23N9O2/c1-11(2)28-14-5-15(20-6-12(14)7-23-28)24-18-21-8-13(17-27-22-10-30-17)16(25-18)26-19(3,4)9-29/h5-8,10-11,29H,9H2,1-4H3,(H2,20,21,24,25,26). The monoisotopic (exact) mass is 409 g/mol. The lowest BCUT2D eigenvalue weighted by molar-refractivity contribution is 0.234. The van der Waals surface area contributed by atoms with E-state index in [4.69, 9.17) is 4.42 Å². The highest BCUT2D eigenvalue weighted by atomic mass is 16.4. The first kappa shape index (κ1) is 19.7. The van der Waals surface area contributed by atoms with Gasteiger partial charge in [0.05, 0.1) is 29.4 Å². The molecule has 0 aromatic carbocycles. The lowest BCUT2D eigenvalue weighted by Gasteiger charge is -2.25. The van der Waals surface area contributed by atoms with Crippen molar-refractivity contribution in [2.24, 2.45) is 0 Å². The fraction of sp³-hybridized carbons (Fsp3) is 0.368. The molecule has 0 fully saturated rings. The summed E-state index contributed by atoms with van der Waals surface area (Å²) in [5, 5.41) is 29.0. The lowest BCUT2D eigenvalue weighted by Crippen LogP contribution is -2.35. The molecule has 0 aliphatic heterocycles. The quantitative estimate of drug-likeness (QED) is 0.417. The molecule has 0 saturated carbocycles. The average Bonchev–Trinajstić information content (AvgIpc) is 3.37. The Kier molecular flexibility index (Phi) is 5.04. The van der Waals surface area contributed by atoms with E-state index in [0.717, 1.165) is 10.9 Å². The molecule has 0 bridgehead atoms. The Bertz CT molecular complexity index is 1150.